The molecule has 0 bridgehead atoms. The number of nitrogens with one attached hydrogen (secondary N) is 1. The third kappa shape index (κ3) is 17.4. The number of phenolic OH excluding ortho intramolecular Hbond substituents is 1. The monoisotopic (exact) mass is 458 g/mol. The number of guanidine groups is 1. The van der Waals surface area contributed by atoms with Gasteiger partial charge in [0.1, 0.15) is 24.4 Å². The van der Waals surface area contributed by atoms with Crippen molar-refractivity contribution in [3.8, 4) is 5.75 Å². The van der Waals surface area contributed by atoms with E-state index in [4.69, 9.17) is 48.8 Å². The molecule has 0 saturated heterocycles. The zero-order chi connectivity index (χ0) is 25.3. The molecule has 182 valence electrons. The average Bonchev–Trinajstić information content (AvgIpc) is 2.70. The zero-order valence-corrected chi connectivity index (χ0v) is 18.0. The first-order chi connectivity index (χ1) is 14.8. The zero-order valence-electron chi connectivity index (χ0n) is 18.0. The van der Waals surface area contributed by atoms with Crippen molar-refractivity contribution in [1.29, 1.82) is 5.41 Å². The number of aliphatic carboxylic acids is 3. The number of carboxylic acids is 3. The lowest BCUT2D eigenvalue weighted by Crippen LogP contribution is -2.36. The molecule has 0 fully saturated rings. The molecule has 13 nitrogen and oxygen atoms in total. The summed E-state index contributed by atoms with van der Waals surface area (Å²) in [5.74, 6) is -3.03. The first-order valence-corrected chi connectivity index (χ1v) is 9.53. The largest absolute Gasteiger partial charge is 0.508 e. The lowest BCUT2D eigenvalue weighted by atomic mass is 10.1. The minimum Gasteiger partial charge on any atom is -0.508 e. The van der Waals surface area contributed by atoms with E-state index in [1.807, 2.05) is 0 Å². The van der Waals surface area contributed by atoms with E-state index in [9.17, 15) is 14.4 Å². The molecular weight excluding hydrogens is 424 g/mol. The molecule has 2 unspecified atom stereocenters. The molecule has 1 aromatic carbocycles. The number of unbranched alkanes of at least 4 members (excludes halogenated alkanes) is 1. The molecule has 1 rings (SSSR count). The summed E-state index contributed by atoms with van der Waals surface area (Å²) < 4.78 is 0. The molecule has 0 amide bonds. The Labute approximate surface area is 186 Å². The molecule has 13 heteroatoms. The first kappa shape index (κ1) is 30.8. The van der Waals surface area contributed by atoms with Gasteiger partial charge in [0.15, 0.2) is 5.96 Å². The Morgan fingerprint density at radius 2 is 1.50 bits per heavy atom. The summed E-state index contributed by atoms with van der Waals surface area (Å²) in [7, 11) is 1.44. The number of hydrogen-bond acceptors (Lipinski definition) is 8. The van der Waals surface area contributed by atoms with Gasteiger partial charge in [0, 0.05) is 7.05 Å². The van der Waals surface area contributed by atoms with Gasteiger partial charge in [-0.05, 0) is 43.5 Å². The van der Waals surface area contributed by atoms with Crippen LogP contribution in [0.25, 0.3) is 0 Å². The molecule has 0 aliphatic carbocycles. The smallest absolute Gasteiger partial charge is 0.323 e. The van der Waals surface area contributed by atoms with E-state index in [1.165, 1.54) is 19.2 Å². The predicted octanol–water partition coefficient (Wildman–Crippen LogP) is -1.23. The number of carboxylic acid groups (broad SMARTS) is 3. The van der Waals surface area contributed by atoms with Gasteiger partial charge in [-0.2, -0.15) is 0 Å². The van der Waals surface area contributed by atoms with Gasteiger partial charge in [0.05, 0.1) is 0 Å². The molecule has 0 saturated carbocycles. The van der Waals surface area contributed by atoms with Crippen LogP contribution in [0.15, 0.2) is 24.3 Å². The van der Waals surface area contributed by atoms with Gasteiger partial charge in [-0.3, -0.25) is 19.8 Å². The Morgan fingerprint density at radius 3 is 1.84 bits per heavy atom. The highest BCUT2D eigenvalue weighted by Gasteiger charge is 2.11. The molecule has 0 aromatic heterocycles. The van der Waals surface area contributed by atoms with Gasteiger partial charge in [0.25, 0.3) is 0 Å². The van der Waals surface area contributed by atoms with Gasteiger partial charge in [-0.1, -0.05) is 18.6 Å². The van der Waals surface area contributed by atoms with E-state index in [-0.39, 0.29) is 24.7 Å². The van der Waals surface area contributed by atoms with Gasteiger partial charge in [0.2, 0.25) is 0 Å². The van der Waals surface area contributed by atoms with Gasteiger partial charge in [-0.15, -0.1) is 0 Å². The molecule has 0 radical (unpaired) electrons. The van der Waals surface area contributed by atoms with E-state index < -0.39 is 30.0 Å². The van der Waals surface area contributed by atoms with Crippen molar-refractivity contribution in [2.75, 3.05) is 20.1 Å². The van der Waals surface area contributed by atoms with E-state index in [0.717, 1.165) is 23.3 Å². The highest BCUT2D eigenvalue weighted by molar-refractivity contribution is 5.80. The van der Waals surface area contributed by atoms with Gasteiger partial charge >= 0.3 is 17.9 Å². The van der Waals surface area contributed by atoms with Crippen molar-refractivity contribution in [2.45, 2.75) is 37.8 Å². The van der Waals surface area contributed by atoms with Crippen LogP contribution in [0.1, 0.15) is 24.8 Å². The lowest BCUT2D eigenvalue weighted by Gasteiger charge is -2.12. The van der Waals surface area contributed by atoms with Crippen LogP contribution >= 0.6 is 0 Å². The number of aromatic hydroxyl groups is 1. The van der Waals surface area contributed by atoms with E-state index in [2.05, 4.69) is 0 Å². The van der Waals surface area contributed by atoms with Crippen LogP contribution in [0.3, 0.4) is 0 Å². The number of nitrogens with two attached hydrogens (primary N) is 4. The van der Waals surface area contributed by atoms with Crippen LogP contribution in [-0.2, 0) is 20.8 Å². The minimum absolute atomic E-state index is 0.160. The van der Waals surface area contributed by atoms with Gasteiger partial charge < -0.3 is 48.3 Å². The third-order valence-electron chi connectivity index (χ3n) is 3.78. The molecule has 2 atom stereocenters. The highest BCUT2D eigenvalue weighted by atomic mass is 16.4. The van der Waals surface area contributed by atoms with E-state index >= 15 is 0 Å². The summed E-state index contributed by atoms with van der Waals surface area (Å²) in [6.07, 6.45) is 2.44. The van der Waals surface area contributed by atoms with Crippen LogP contribution in [0.2, 0.25) is 0 Å². The second kappa shape index (κ2) is 17.3. The average molecular weight is 459 g/mol. The van der Waals surface area contributed by atoms with Gasteiger partial charge in [-0.25, -0.2) is 0 Å². The topological polar surface area (TPSA) is 263 Å². The molecule has 1 aromatic rings. The number of phenols is 1. The molecule has 0 spiro atoms. The quantitative estimate of drug-likeness (QED) is 0.113. The van der Waals surface area contributed by atoms with Crippen LogP contribution in [0.4, 0.5) is 0 Å². The van der Waals surface area contributed by atoms with Crippen molar-refractivity contribution in [3.63, 3.8) is 0 Å². The SMILES string of the molecule is CN(CC(=O)O)C(=N)N.NC(Cc1ccc(O)cc1)C(=O)O.NCCCCC(N)C(=O)O. The first-order valence-electron chi connectivity index (χ1n) is 9.53. The van der Waals surface area contributed by atoms with Crippen LogP contribution < -0.4 is 22.9 Å². The standard InChI is InChI=1S/C9H11NO3.C6H14N2O2.C4H9N3O2/c10-8(9(12)13)5-6-1-3-7(11)4-2-6;7-4-2-1-3-5(8)6(9)10;1-7(4(5)6)2-3(8)9/h1-4,8,11H,5,10H2,(H,12,13);5H,1-4,7-8H2,(H,9,10);2H2,1H3,(H3,5,6)(H,8,9). The van der Waals surface area contributed by atoms with Crippen molar-refractivity contribution in [2.24, 2.45) is 22.9 Å². The summed E-state index contributed by atoms with van der Waals surface area (Å²) >= 11 is 0. The van der Waals surface area contributed by atoms with Crippen LogP contribution in [0.5, 0.6) is 5.75 Å². The summed E-state index contributed by atoms with van der Waals surface area (Å²) in [5.41, 5.74) is 21.5. The van der Waals surface area contributed by atoms with E-state index in [1.54, 1.807) is 12.1 Å². The summed E-state index contributed by atoms with van der Waals surface area (Å²) in [4.78, 5) is 31.6. The van der Waals surface area contributed by atoms with Crippen LogP contribution in [0, 0.1) is 5.41 Å². The van der Waals surface area contributed by atoms with Crippen LogP contribution in [-0.4, -0.2) is 81.4 Å². The lowest BCUT2D eigenvalue weighted by molar-refractivity contribution is -0.139. The van der Waals surface area contributed by atoms with E-state index in [0.29, 0.717) is 13.0 Å². The second-order valence-electron chi connectivity index (χ2n) is 6.68. The maximum Gasteiger partial charge on any atom is 0.323 e. The molecule has 0 aliphatic rings. The number of hydrogen-bond donors (Lipinski definition) is 9. The fourth-order valence-electron chi connectivity index (χ4n) is 1.89. The van der Waals surface area contributed by atoms with Crippen molar-refractivity contribution >= 4 is 23.9 Å². The molecule has 0 heterocycles. The predicted molar refractivity (Wildman–Crippen MR) is 118 cm³/mol. The third-order valence-corrected chi connectivity index (χ3v) is 3.78. The Morgan fingerprint density at radius 1 is 1.00 bits per heavy atom. The maximum absolute atomic E-state index is 10.4. The summed E-state index contributed by atoms with van der Waals surface area (Å²) in [6.45, 7) is 0.377. The Balaban J connectivity index is 0. The van der Waals surface area contributed by atoms with Crippen molar-refractivity contribution in [3.05, 3.63) is 29.8 Å². The van der Waals surface area contributed by atoms with Crippen molar-refractivity contribution < 1.29 is 34.8 Å². The Hall–Kier alpha value is -3.42. The maximum atomic E-state index is 10.4. The molecular formula is C19H34N6O7. The summed E-state index contributed by atoms with van der Waals surface area (Å²) in [5, 5.41) is 40.7. The molecule has 13 N–H and O–H groups in total. The number of likely N-dealkylation sites (N-methyl/N-ethyl adjacent to an activating group) is 1. The minimum atomic E-state index is -1.02. The fraction of sp³-hybridized carbons (Fsp3) is 0.474. The number of carbonyl (C=O) groups is 3. The Bertz CT molecular complexity index is 715. The highest BCUT2D eigenvalue weighted by Crippen LogP contribution is 2.10. The Kier molecular flexibility index (Phi) is 16.6. The number of nitrogens with zero attached hydrogens (tertiary/aromatic N) is 1. The normalized spacial score (nSPS) is 11.5. The number of benzene rings is 1. The van der Waals surface area contributed by atoms with Crippen molar-refractivity contribution in [1.82, 2.24) is 4.90 Å². The molecule has 32 heavy (non-hydrogen) atoms. The second-order valence-corrected chi connectivity index (χ2v) is 6.68. The summed E-state index contributed by atoms with van der Waals surface area (Å²) in [6, 6.07) is 4.71. The number of rotatable bonds is 10. The molecule has 0 aliphatic heterocycles. The fourth-order valence-corrected chi connectivity index (χ4v) is 1.89.